The van der Waals surface area contributed by atoms with Gasteiger partial charge in [-0.3, -0.25) is 0 Å². The molecule has 1 unspecified atom stereocenters. The van der Waals surface area contributed by atoms with Gasteiger partial charge in [-0.25, -0.2) is 14.8 Å². The smallest absolute Gasteiger partial charge is 0.355 e. The number of carboxylic acids is 1. The van der Waals surface area contributed by atoms with Gasteiger partial charge in [0.25, 0.3) is 0 Å². The fraction of sp³-hybridized carbons (Fsp3) is 0.444. The first-order valence-corrected chi connectivity index (χ1v) is 4.67. The van der Waals surface area contributed by atoms with Gasteiger partial charge in [0.2, 0.25) is 5.95 Å². The number of anilines is 1. The molecule has 0 bridgehead atoms. The van der Waals surface area contributed by atoms with Gasteiger partial charge in [0.1, 0.15) is 0 Å². The average molecular weight is 209 g/mol. The number of aromatic nitrogens is 2. The zero-order chi connectivity index (χ0) is 11.0. The minimum absolute atomic E-state index is 0.0553. The Morgan fingerprint density at radius 3 is 2.87 bits per heavy atom. The molecular formula is C9H11N3O3. The van der Waals surface area contributed by atoms with Crippen LogP contribution in [0.2, 0.25) is 0 Å². The standard InChI is InChI=1S/C9H11N3O3/c10-9-11-4-2-1-3-5(13)6(4)7(12-9)8(14)15/h5,13H,1-3H2,(H,14,15)(H2,10,11,12). The summed E-state index contributed by atoms with van der Waals surface area (Å²) < 4.78 is 0. The minimum Gasteiger partial charge on any atom is -0.476 e. The van der Waals surface area contributed by atoms with Crippen molar-refractivity contribution >= 4 is 11.9 Å². The van der Waals surface area contributed by atoms with Crippen LogP contribution in [0.1, 0.15) is 40.7 Å². The van der Waals surface area contributed by atoms with E-state index in [0.717, 1.165) is 6.42 Å². The molecule has 0 aliphatic heterocycles. The molecule has 1 aromatic heterocycles. The number of carboxylic acid groups (broad SMARTS) is 1. The number of nitrogen functional groups attached to an aromatic ring is 1. The number of aryl methyl sites for hydroxylation is 1. The Labute approximate surface area is 85.8 Å². The van der Waals surface area contributed by atoms with E-state index in [1.54, 1.807) is 0 Å². The lowest BCUT2D eigenvalue weighted by Gasteiger charge is -2.21. The second kappa shape index (κ2) is 3.47. The predicted molar refractivity (Wildman–Crippen MR) is 51.3 cm³/mol. The molecule has 2 rings (SSSR count). The first-order chi connectivity index (χ1) is 7.09. The van der Waals surface area contributed by atoms with Gasteiger partial charge in [-0.05, 0) is 19.3 Å². The summed E-state index contributed by atoms with van der Waals surface area (Å²) in [4.78, 5) is 18.5. The molecule has 4 N–H and O–H groups in total. The number of aromatic carboxylic acids is 1. The van der Waals surface area contributed by atoms with Gasteiger partial charge in [-0.15, -0.1) is 0 Å². The van der Waals surface area contributed by atoms with Crippen molar-refractivity contribution in [3.05, 3.63) is 17.0 Å². The molecule has 0 aromatic carbocycles. The summed E-state index contributed by atoms with van der Waals surface area (Å²) in [6.45, 7) is 0. The van der Waals surface area contributed by atoms with Crippen molar-refractivity contribution in [2.24, 2.45) is 0 Å². The Kier molecular flexibility index (Phi) is 2.28. The van der Waals surface area contributed by atoms with Gasteiger partial charge >= 0.3 is 5.97 Å². The summed E-state index contributed by atoms with van der Waals surface area (Å²) in [5.41, 5.74) is 6.10. The highest BCUT2D eigenvalue weighted by Crippen LogP contribution is 2.30. The van der Waals surface area contributed by atoms with E-state index in [2.05, 4.69) is 9.97 Å². The molecule has 1 heterocycles. The molecule has 6 heteroatoms. The van der Waals surface area contributed by atoms with Gasteiger partial charge < -0.3 is 15.9 Å². The van der Waals surface area contributed by atoms with E-state index in [-0.39, 0.29) is 11.6 Å². The van der Waals surface area contributed by atoms with Gasteiger partial charge in [-0.1, -0.05) is 0 Å². The van der Waals surface area contributed by atoms with E-state index in [1.807, 2.05) is 0 Å². The molecule has 0 radical (unpaired) electrons. The monoisotopic (exact) mass is 209 g/mol. The van der Waals surface area contributed by atoms with Crippen molar-refractivity contribution in [2.45, 2.75) is 25.4 Å². The number of nitrogens with zero attached hydrogens (tertiary/aromatic N) is 2. The zero-order valence-corrected chi connectivity index (χ0v) is 7.97. The third-order valence-electron chi connectivity index (χ3n) is 2.47. The normalized spacial score (nSPS) is 19.7. The number of nitrogens with two attached hydrogens (primary N) is 1. The fourth-order valence-electron chi connectivity index (χ4n) is 1.85. The van der Waals surface area contributed by atoms with E-state index < -0.39 is 12.1 Å². The second-order valence-electron chi connectivity index (χ2n) is 3.50. The highest BCUT2D eigenvalue weighted by molar-refractivity contribution is 5.88. The van der Waals surface area contributed by atoms with E-state index in [9.17, 15) is 9.90 Å². The van der Waals surface area contributed by atoms with E-state index in [0.29, 0.717) is 24.1 Å². The minimum atomic E-state index is -1.18. The van der Waals surface area contributed by atoms with Crippen molar-refractivity contribution < 1.29 is 15.0 Å². The number of hydrogen-bond acceptors (Lipinski definition) is 5. The van der Waals surface area contributed by atoms with E-state index >= 15 is 0 Å². The molecule has 0 spiro atoms. The lowest BCUT2D eigenvalue weighted by atomic mass is 9.92. The maximum Gasteiger partial charge on any atom is 0.355 e. The van der Waals surface area contributed by atoms with Crippen LogP contribution in [0, 0.1) is 0 Å². The van der Waals surface area contributed by atoms with Crippen LogP contribution in [0.15, 0.2) is 0 Å². The van der Waals surface area contributed by atoms with Crippen molar-refractivity contribution in [3.63, 3.8) is 0 Å². The molecule has 1 aliphatic rings. The third kappa shape index (κ3) is 1.63. The highest BCUT2D eigenvalue weighted by atomic mass is 16.4. The summed E-state index contributed by atoms with van der Waals surface area (Å²) >= 11 is 0. The van der Waals surface area contributed by atoms with Gasteiger partial charge in [0.15, 0.2) is 5.69 Å². The lowest BCUT2D eigenvalue weighted by molar-refractivity contribution is 0.0678. The van der Waals surface area contributed by atoms with Crippen molar-refractivity contribution in [1.82, 2.24) is 9.97 Å². The van der Waals surface area contributed by atoms with Crippen LogP contribution in [-0.4, -0.2) is 26.2 Å². The molecule has 0 fully saturated rings. The molecular weight excluding hydrogens is 198 g/mol. The van der Waals surface area contributed by atoms with Crippen LogP contribution in [0.5, 0.6) is 0 Å². The van der Waals surface area contributed by atoms with Crippen molar-refractivity contribution in [3.8, 4) is 0 Å². The number of aliphatic hydroxyl groups excluding tert-OH is 1. The lowest BCUT2D eigenvalue weighted by Crippen LogP contribution is -2.19. The molecule has 6 nitrogen and oxygen atoms in total. The number of rotatable bonds is 1. The first kappa shape index (κ1) is 9.85. The maximum atomic E-state index is 10.9. The van der Waals surface area contributed by atoms with E-state index in [1.165, 1.54) is 0 Å². The fourth-order valence-corrected chi connectivity index (χ4v) is 1.85. The van der Waals surface area contributed by atoms with Crippen LogP contribution in [0.25, 0.3) is 0 Å². The highest BCUT2D eigenvalue weighted by Gasteiger charge is 2.27. The van der Waals surface area contributed by atoms with E-state index in [4.69, 9.17) is 10.8 Å². The molecule has 1 aromatic rings. The summed E-state index contributed by atoms with van der Waals surface area (Å²) in [6, 6.07) is 0. The summed E-state index contributed by atoms with van der Waals surface area (Å²) in [6.07, 6.45) is 1.17. The zero-order valence-electron chi connectivity index (χ0n) is 7.97. The molecule has 80 valence electrons. The Hall–Kier alpha value is -1.69. The molecule has 1 aliphatic carbocycles. The SMILES string of the molecule is Nc1nc2c(c(C(=O)O)n1)C(O)CCC2. The van der Waals surface area contributed by atoms with Gasteiger partial charge in [-0.2, -0.15) is 0 Å². The average Bonchev–Trinajstić information content (AvgIpc) is 2.16. The summed E-state index contributed by atoms with van der Waals surface area (Å²) in [5, 5.41) is 18.6. The quantitative estimate of drug-likeness (QED) is 0.606. The number of fused-ring (bicyclic) bond motifs is 1. The summed E-state index contributed by atoms with van der Waals surface area (Å²) in [5.74, 6) is -1.23. The topological polar surface area (TPSA) is 109 Å². The number of carbonyl (C=O) groups is 1. The molecule has 15 heavy (non-hydrogen) atoms. The molecule has 0 saturated heterocycles. The molecule has 0 amide bonds. The van der Waals surface area contributed by atoms with Crippen LogP contribution < -0.4 is 5.73 Å². The van der Waals surface area contributed by atoms with Crippen LogP contribution in [0.4, 0.5) is 5.95 Å². The second-order valence-corrected chi connectivity index (χ2v) is 3.50. The summed E-state index contributed by atoms with van der Waals surface area (Å²) in [7, 11) is 0. The Bertz CT molecular complexity index is 419. The Morgan fingerprint density at radius 2 is 2.20 bits per heavy atom. The van der Waals surface area contributed by atoms with Gasteiger partial charge in [0, 0.05) is 5.56 Å². The van der Waals surface area contributed by atoms with Crippen LogP contribution >= 0.6 is 0 Å². The largest absolute Gasteiger partial charge is 0.476 e. The molecule has 1 atom stereocenters. The van der Waals surface area contributed by atoms with Gasteiger partial charge in [0.05, 0.1) is 11.8 Å². The predicted octanol–water partition coefficient (Wildman–Crippen LogP) is 0.127. The van der Waals surface area contributed by atoms with Crippen molar-refractivity contribution in [2.75, 3.05) is 5.73 Å². The molecule has 0 saturated carbocycles. The maximum absolute atomic E-state index is 10.9. The number of aliphatic hydroxyl groups is 1. The van der Waals surface area contributed by atoms with Crippen molar-refractivity contribution in [1.29, 1.82) is 0 Å². The first-order valence-electron chi connectivity index (χ1n) is 4.67. The number of hydrogen-bond donors (Lipinski definition) is 3. The van der Waals surface area contributed by atoms with Crippen LogP contribution in [-0.2, 0) is 6.42 Å². The Morgan fingerprint density at radius 1 is 1.47 bits per heavy atom. The Balaban J connectivity index is 2.63. The third-order valence-corrected chi connectivity index (χ3v) is 2.47. The van der Waals surface area contributed by atoms with Crippen LogP contribution in [0.3, 0.4) is 0 Å².